The number of hydrogen-bond donors (Lipinski definition) is 1. The number of thiophene rings is 1. The highest BCUT2D eigenvalue weighted by Gasteiger charge is 2.23. The number of carbonyl (C=O) groups excluding carboxylic acids is 2. The van der Waals surface area contributed by atoms with Crippen LogP contribution in [0.4, 0.5) is 5.69 Å². The topological polar surface area (TPSA) is 60.3 Å². The van der Waals surface area contributed by atoms with Gasteiger partial charge in [-0.25, -0.2) is 4.79 Å². The quantitative estimate of drug-likeness (QED) is 0.556. The fourth-order valence-corrected chi connectivity index (χ4v) is 3.69. The molecule has 0 saturated heterocycles. The molecule has 0 saturated carbocycles. The number of rotatable bonds is 7. The number of ether oxygens (including phenoxy) is 1. The second kappa shape index (κ2) is 8.89. The molecule has 6 heteroatoms. The Morgan fingerprint density at radius 3 is 2.54 bits per heavy atom. The van der Waals surface area contributed by atoms with Crippen molar-refractivity contribution >= 4 is 28.9 Å². The summed E-state index contributed by atoms with van der Waals surface area (Å²) in [5.41, 5.74) is 2.58. The van der Waals surface area contributed by atoms with Gasteiger partial charge in [0.05, 0.1) is 5.69 Å². The van der Waals surface area contributed by atoms with E-state index in [2.05, 4.69) is 19.2 Å². The van der Waals surface area contributed by atoms with E-state index >= 15 is 0 Å². The maximum absolute atomic E-state index is 12.6. The van der Waals surface area contributed by atoms with Crippen molar-refractivity contribution in [1.29, 1.82) is 0 Å². The Bertz CT molecular complexity index is 946. The summed E-state index contributed by atoms with van der Waals surface area (Å²) < 4.78 is 7.29. The van der Waals surface area contributed by atoms with Gasteiger partial charge in [0.1, 0.15) is 4.88 Å². The third kappa shape index (κ3) is 4.34. The minimum atomic E-state index is -0.905. The molecule has 0 bridgehead atoms. The number of nitrogens with one attached hydrogen (secondary N) is 1. The van der Waals surface area contributed by atoms with E-state index in [1.165, 1.54) is 11.3 Å². The molecule has 1 N–H and O–H groups in total. The van der Waals surface area contributed by atoms with E-state index in [0.29, 0.717) is 10.8 Å². The van der Waals surface area contributed by atoms with Gasteiger partial charge in [0.2, 0.25) is 0 Å². The molecule has 0 aliphatic heterocycles. The lowest BCUT2D eigenvalue weighted by molar-refractivity contribution is -0.123. The predicted octanol–water partition coefficient (Wildman–Crippen LogP) is 5.24. The largest absolute Gasteiger partial charge is 0.448 e. The highest BCUT2D eigenvalue weighted by Crippen LogP contribution is 2.27. The number of esters is 1. The van der Waals surface area contributed by atoms with Crippen LogP contribution in [0.25, 0.3) is 5.69 Å². The van der Waals surface area contributed by atoms with Gasteiger partial charge in [0.15, 0.2) is 6.10 Å². The first kappa shape index (κ1) is 19.9. The van der Waals surface area contributed by atoms with E-state index in [9.17, 15) is 9.59 Å². The molecule has 2 atom stereocenters. The van der Waals surface area contributed by atoms with Crippen LogP contribution in [0.3, 0.4) is 0 Å². The molecule has 2 aromatic heterocycles. The monoisotopic (exact) mass is 396 g/mol. The minimum Gasteiger partial charge on any atom is -0.448 e. The smallest absolute Gasteiger partial charge is 0.351 e. The zero-order valence-corrected chi connectivity index (χ0v) is 17.0. The standard InChI is InChI=1S/C22H24N2O3S/c1-4-15(2)17-9-5-6-10-18(17)23-21(25)16(3)27-22(26)20-19(11-14-28-20)24-12-7-8-13-24/h5-16H,4H2,1-3H3,(H,23,25). The Labute approximate surface area is 169 Å². The van der Waals surface area contributed by atoms with Crippen molar-refractivity contribution in [1.82, 2.24) is 4.57 Å². The molecule has 2 heterocycles. The van der Waals surface area contributed by atoms with Crippen LogP contribution in [0, 0.1) is 0 Å². The number of amides is 1. The van der Waals surface area contributed by atoms with Gasteiger partial charge in [-0.05, 0) is 54.5 Å². The summed E-state index contributed by atoms with van der Waals surface area (Å²) in [5.74, 6) is -0.524. The zero-order chi connectivity index (χ0) is 20.1. The lowest BCUT2D eigenvalue weighted by atomic mass is 9.97. The van der Waals surface area contributed by atoms with Crippen molar-refractivity contribution in [3.8, 4) is 5.69 Å². The second-order valence-electron chi connectivity index (χ2n) is 6.66. The number of nitrogens with zero attached hydrogens (tertiary/aromatic N) is 1. The van der Waals surface area contributed by atoms with Crippen molar-refractivity contribution in [2.24, 2.45) is 0 Å². The molecule has 3 aromatic rings. The van der Waals surface area contributed by atoms with Gasteiger partial charge in [-0.15, -0.1) is 11.3 Å². The molecule has 0 aliphatic rings. The Kier molecular flexibility index (Phi) is 6.31. The van der Waals surface area contributed by atoms with E-state index in [1.54, 1.807) is 6.92 Å². The van der Waals surface area contributed by atoms with E-state index in [0.717, 1.165) is 23.4 Å². The third-order valence-corrected chi connectivity index (χ3v) is 5.61. The van der Waals surface area contributed by atoms with Crippen LogP contribution in [0.5, 0.6) is 0 Å². The molecule has 0 radical (unpaired) electrons. The van der Waals surface area contributed by atoms with Gasteiger partial charge in [0.25, 0.3) is 5.91 Å². The molecule has 0 aliphatic carbocycles. The summed E-state index contributed by atoms with van der Waals surface area (Å²) in [6, 6.07) is 13.4. The van der Waals surface area contributed by atoms with Crippen LogP contribution in [0.15, 0.2) is 60.2 Å². The minimum absolute atomic E-state index is 0.324. The first-order valence-electron chi connectivity index (χ1n) is 9.32. The maximum atomic E-state index is 12.6. The number of anilines is 1. The van der Waals surface area contributed by atoms with Crippen molar-refractivity contribution < 1.29 is 14.3 Å². The maximum Gasteiger partial charge on any atom is 0.351 e. The van der Waals surface area contributed by atoms with E-state index < -0.39 is 12.1 Å². The predicted molar refractivity (Wildman–Crippen MR) is 112 cm³/mol. The van der Waals surface area contributed by atoms with Crippen LogP contribution in [-0.4, -0.2) is 22.5 Å². The number of para-hydroxylation sites is 1. The highest BCUT2D eigenvalue weighted by molar-refractivity contribution is 7.12. The lowest BCUT2D eigenvalue weighted by Gasteiger charge is -2.18. The van der Waals surface area contributed by atoms with Gasteiger partial charge in [0, 0.05) is 18.1 Å². The molecule has 5 nitrogen and oxygen atoms in total. The van der Waals surface area contributed by atoms with Gasteiger partial charge in [-0.1, -0.05) is 32.0 Å². The summed E-state index contributed by atoms with van der Waals surface area (Å²) in [6.45, 7) is 5.81. The molecule has 0 fully saturated rings. The van der Waals surface area contributed by atoms with Crippen LogP contribution >= 0.6 is 11.3 Å². The average molecular weight is 397 g/mol. The zero-order valence-electron chi connectivity index (χ0n) is 16.2. The number of benzene rings is 1. The molecule has 28 heavy (non-hydrogen) atoms. The molecule has 1 amide bonds. The Morgan fingerprint density at radius 1 is 1.11 bits per heavy atom. The molecule has 3 rings (SSSR count). The van der Waals surface area contributed by atoms with Gasteiger partial charge in [-0.3, -0.25) is 4.79 Å². The van der Waals surface area contributed by atoms with E-state index in [1.807, 2.05) is 64.8 Å². The van der Waals surface area contributed by atoms with Crippen molar-refractivity contribution in [3.63, 3.8) is 0 Å². The molecule has 1 aromatic carbocycles. The van der Waals surface area contributed by atoms with Gasteiger partial charge < -0.3 is 14.6 Å². The molecular weight excluding hydrogens is 372 g/mol. The molecule has 146 valence electrons. The lowest BCUT2D eigenvalue weighted by Crippen LogP contribution is -2.30. The molecule has 2 unspecified atom stereocenters. The van der Waals surface area contributed by atoms with Crippen LogP contribution in [0.1, 0.15) is 48.3 Å². The first-order valence-corrected chi connectivity index (χ1v) is 10.2. The van der Waals surface area contributed by atoms with Crippen LogP contribution in [0.2, 0.25) is 0 Å². The van der Waals surface area contributed by atoms with Crippen molar-refractivity contribution in [2.75, 3.05) is 5.32 Å². The number of hydrogen-bond acceptors (Lipinski definition) is 4. The number of aromatic nitrogens is 1. The summed E-state index contributed by atoms with van der Waals surface area (Å²) in [5, 5.41) is 4.73. The Balaban J connectivity index is 1.69. The third-order valence-electron chi connectivity index (χ3n) is 4.73. The SMILES string of the molecule is CCC(C)c1ccccc1NC(=O)C(C)OC(=O)c1sccc1-n1cccc1. The second-order valence-corrected chi connectivity index (χ2v) is 7.57. The summed E-state index contributed by atoms with van der Waals surface area (Å²) >= 11 is 1.30. The van der Waals surface area contributed by atoms with Gasteiger partial charge >= 0.3 is 5.97 Å². The summed E-state index contributed by atoms with van der Waals surface area (Å²) in [4.78, 5) is 25.7. The van der Waals surface area contributed by atoms with Crippen LogP contribution in [-0.2, 0) is 9.53 Å². The first-order chi connectivity index (χ1) is 13.5. The van der Waals surface area contributed by atoms with E-state index in [-0.39, 0.29) is 5.91 Å². The van der Waals surface area contributed by atoms with Gasteiger partial charge in [-0.2, -0.15) is 0 Å². The molecule has 0 spiro atoms. The summed E-state index contributed by atoms with van der Waals surface area (Å²) in [6.07, 6.45) is 3.79. The van der Waals surface area contributed by atoms with Crippen LogP contribution < -0.4 is 5.32 Å². The Morgan fingerprint density at radius 2 is 1.82 bits per heavy atom. The average Bonchev–Trinajstić information content (AvgIpc) is 3.38. The fraction of sp³-hybridized carbons (Fsp3) is 0.273. The highest BCUT2D eigenvalue weighted by atomic mass is 32.1. The number of carbonyl (C=O) groups is 2. The van der Waals surface area contributed by atoms with E-state index in [4.69, 9.17) is 4.74 Å². The fourth-order valence-electron chi connectivity index (χ4n) is 2.92. The van der Waals surface area contributed by atoms with Crippen molar-refractivity contribution in [3.05, 3.63) is 70.7 Å². The molecular formula is C22H24N2O3S. The summed E-state index contributed by atoms with van der Waals surface area (Å²) in [7, 11) is 0. The normalized spacial score (nSPS) is 13.0. The Hall–Kier alpha value is -2.86. The van der Waals surface area contributed by atoms with Crippen molar-refractivity contribution in [2.45, 2.75) is 39.2 Å².